The molecule has 2 aliphatic heterocycles. The molecule has 0 atom stereocenters. The highest BCUT2D eigenvalue weighted by Crippen LogP contribution is 2.23. The molecule has 2 fully saturated rings. The molecule has 2 heterocycles. The topological polar surface area (TPSA) is 48.0 Å². The van der Waals surface area contributed by atoms with Crippen molar-refractivity contribution in [1.29, 1.82) is 0 Å². The SMILES string of the molecule is O=C(C#Cc1ccc(CN2CCOCC2)cc1)c1ccc(C2OCCO2)cc1. The minimum absolute atomic E-state index is 0.197. The zero-order chi connectivity index (χ0) is 19.2. The standard InChI is InChI=1S/C23H23NO4/c25-22(20-6-8-21(9-7-20)23-27-15-16-28-23)10-5-18-1-3-19(4-2-18)17-24-11-13-26-14-12-24/h1-4,6-9,23H,11-17H2. The third kappa shape index (κ3) is 4.86. The van der Waals surface area contributed by atoms with Crippen LogP contribution in [0, 0.1) is 11.8 Å². The van der Waals surface area contributed by atoms with E-state index in [-0.39, 0.29) is 12.1 Å². The van der Waals surface area contributed by atoms with Crippen LogP contribution in [0.15, 0.2) is 48.5 Å². The normalized spacial score (nSPS) is 17.9. The Balaban J connectivity index is 1.35. The summed E-state index contributed by atoms with van der Waals surface area (Å²) in [5.74, 6) is 5.49. The van der Waals surface area contributed by atoms with Crippen LogP contribution in [0.2, 0.25) is 0 Å². The van der Waals surface area contributed by atoms with Gasteiger partial charge in [0.25, 0.3) is 0 Å². The van der Waals surface area contributed by atoms with Gasteiger partial charge < -0.3 is 14.2 Å². The lowest BCUT2D eigenvalue weighted by atomic mass is 10.1. The van der Waals surface area contributed by atoms with Crippen molar-refractivity contribution in [3.8, 4) is 11.8 Å². The second-order valence-corrected chi connectivity index (χ2v) is 6.86. The first-order valence-corrected chi connectivity index (χ1v) is 9.56. The molecule has 0 aliphatic carbocycles. The number of ether oxygens (including phenoxy) is 3. The molecule has 0 aromatic heterocycles. The van der Waals surface area contributed by atoms with Crippen LogP contribution in [0.25, 0.3) is 0 Å². The van der Waals surface area contributed by atoms with Crippen LogP contribution in [0.5, 0.6) is 0 Å². The Morgan fingerprint density at radius 3 is 2.29 bits per heavy atom. The highest BCUT2D eigenvalue weighted by Gasteiger charge is 2.18. The summed E-state index contributed by atoms with van der Waals surface area (Å²) in [6.45, 7) is 5.64. The smallest absolute Gasteiger partial charge is 0.236 e. The van der Waals surface area contributed by atoms with E-state index in [0.29, 0.717) is 18.8 Å². The summed E-state index contributed by atoms with van der Waals surface area (Å²) in [5.41, 5.74) is 3.56. The van der Waals surface area contributed by atoms with E-state index in [9.17, 15) is 4.79 Å². The number of benzene rings is 2. The van der Waals surface area contributed by atoms with Crippen LogP contribution in [-0.4, -0.2) is 50.2 Å². The van der Waals surface area contributed by atoms with Crippen molar-refractivity contribution in [3.63, 3.8) is 0 Å². The van der Waals surface area contributed by atoms with Crippen LogP contribution < -0.4 is 0 Å². The molecule has 0 spiro atoms. The minimum Gasteiger partial charge on any atom is -0.379 e. The third-order valence-corrected chi connectivity index (χ3v) is 4.85. The number of carbonyl (C=O) groups is 1. The first-order valence-electron chi connectivity index (χ1n) is 9.56. The number of Topliss-reactive ketones (excluding diaryl/α,β-unsaturated/α-hetero) is 1. The van der Waals surface area contributed by atoms with Crippen molar-refractivity contribution in [1.82, 2.24) is 4.90 Å². The average Bonchev–Trinajstić information content (AvgIpc) is 3.29. The van der Waals surface area contributed by atoms with E-state index < -0.39 is 0 Å². The zero-order valence-electron chi connectivity index (χ0n) is 15.7. The lowest BCUT2D eigenvalue weighted by molar-refractivity contribution is -0.0441. The Hall–Kier alpha value is -2.49. The highest BCUT2D eigenvalue weighted by atomic mass is 16.7. The molecule has 0 unspecified atom stereocenters. The molecular weight excluding hydrogens is 354 g/mol. The van der Waals surface area contributed by atoms with Crippen LogP contribution in [0.1, 0.15) is 33.3 Å². The van der Waals surface area contributed by atoms with E-state index >= 15 is 0 Å². The average molecular weight is 377 g/mol. The fourth-order valence-electron chi connectivity index (χ4n) is 3.25. The number of hydrogen-bond acceptors (Lipinski definition) is 5. The quantitative estimate of drug-likeness (QED) is 0.606. The molecule has 0 bridgehead atoms. The maximum atomic E-state index is 12.3. The molecule has 2 aromatic carbocycles. The Labute approximate surface area is 165 Å². The molecule has 28 heavy (non-hydrogen) atoms. The molecular formula is C23H23NO4. The number of ketones is 1. The highest BCUT2D eigenvalue weighted by molar-refractivity contribution is 6.09. The van der Waals surface area contributed by atoms with Crippen molar-refractivity contribution in [3.05, 3.63) is 70.8 Å². The van der Waals surface area contributed by atoms with E-state index in [2.05, 4.69) is 28.9 Å². The number of rotatable bonds is 4. The number of nitrogens with zero attached hydrogens (tertiary/aromatic N) is 1. The van der Waals surface area contributed by atoms with Gasteiger partial charge in [-0.05, 0) is 35.7 Å². The van der Waals surface area contributed by atoms with Gasteiger partial charge in [0.15, 0.2) is 6.29 Å². The lowest BCUT2D eigenvalue weighted by Crippen LogP contribution is -2.35. The van der Waals surface area contributed by atoms with Crippen molar-refractivity contribution in [2.45, 2.75) is 12.8 Å². The Kier molecular flexibility index (Phi) is 6.15. The van der Waals surface area contributed by atoms with Crippen LogP contribution in [0.4, 0.5) is 0 Å². The molecule has 0 N–H and O–H groups in total. The summed E-state index contributed by atoms with van der Waals surface area (Å²) in [6, 6.07) is 15.3. The van der Waals surface area contributed by atoms with E-state index in [1.54, 1.807) is 12.1 Å². The fourth-order valence-corrected chi connectivity index (χ4v) is 3.25. The second kappa shape index (κ2) is 9.13. The monoisotopic (exact) mass is 377 g/mol. The van der Waals surface area contributed by atoms with Gasteiger partial charge in [-0.3, -0.25) is 9.69 Å². The molecule has 5 nitrogen and oxygen atoms in total. The largest absolute Gasteiger partial charge is 0.379 e. The predicted molar refractivity (Wildman–Crippen MR) is 105 cm³/mol. The van der Waals surface area contributed by atoms with Crippen molar-refractivity contribution in [2.75, 3.05) is 39.5 Å². The van der Waals surface area contributed by atoms with E-state index in [1.807, 2.05) is 24.3 Å². The maximum Gasteiger partial charge on any atom is 0.236 e. The molecule has 0 amide bonds. The van der Waals surface area contributed by atoms with E-state index in [4.69, 9.17) is 14.2 Å². The van der Waals surface area contributed by atoms with E-state index in [0.717, 1.165) is 44.0 Å². The fraction of sp³-hybridized carbons (Fsp3) is 0.348. The summed E-state index contributed by atoms with van der Waals surface area (Å²) in [6.07, 6.45) is -0.328. The van der Waals surface area contributed by atoms with Crippen molar-refractivity contribution in [2.24, 2.45) is 0 Å². The van der Waals surface area contributed by atoms with Gasteiger partial charge >= 0.3 is 0 Å². The minimum atomic E-state index is -0.328. The summed E-state index contributed by atoms with van der Waals surface area (Å²) < 4.78 is 16.3. The summed E-state index contributed by atoms with van der Waals surface area (Å²) in [4.78, 5) is 14.7. The number of hydrogen-bond donors (Lipinski definition) is 0. The molecule has 0 saturated carbocycles. The van der Waals surface area contributed by atoms with E-state index in [1.165, 1.54) is 5.56 Å². The van der Waals surface area contributed by atoms with Gasteiger partial charge in [-0.15, -0.1) is 0 Å². The Morgan fingerprint density at radius 1 is 0.929 bits per heavy atom. The lowest BCUT2D eigenvalue weighted by Gasteiger charge is -2.26. The van der Waals surface area contributed by atoms with Crippen LogP contribution in [-0.2, 0) is 20.8 Å². The zero-order valence-corrected chi connectivity index (χ0v) is 15.7. The van der Waals surface area contributed by atoms with Gasteiger partial charge in [0, 0.05) is 36.3 Å². The molecule has 0 radical (unpaired) electrons. The first kappa shape index (κ1) is 18.9. The van der Waals surface area contributed by atoms with Crippen LogP contribution in [0.3, 0.4) is 0 Å². The Bertz CT molecular complexity index is 852. The molecule has 2 saturated heterocycles. The first-order chi connectivity index (χ1) is 13.8. The van der Waals surface area contributed by atoms with Crippen LogP contribution >= 0.6 is 0 Å². The summed E-state index contributed by atoms with van der Waals surface area (Å²) in [5, 5.41) is 0. The summed E-state index contributed by atoms with van der Waals surface area (Å²) >= 11 is 0. The third-order valence-electron chi connectivity index (χ3n) is 4.85. The molecule has 144 valence electrons. The van der Waals surface area contributed by atoms with Gasteiger partial charge in [-0.1, -0.05) is 30.2 Å². The van der Waals surface area contributed by atoms with Gasteiger partial charge in [0.2, 0.25) is 5.78 Å². The summed E-state index contributed by atoms with van der Waals surface area (Å²) in [7, 11) is 0. The number of carbonyl (C=O) groups excluding carboxylic acids is 1. The second-order valence-electron chi connectivity index (χ2n) is 6.86. The Morgan fingerprint density at radius 2 is 1.61 bits per heavy atom. The van der Waals surface area contributed by atoms with Crippen molar-refractivity contribution >= 4 is 5.78 Å². The van der Waals surface area contributed by atoms with Gasteiger partial charge in [-0.2, -0.15) is 0 Å². The van der Waals surface area contributed by atoms with Gasteiger partial charge in [-0.25, -0.2) is 0 Å². The van der Waals surface area contributed by atoms with Crippen molar-refractivity contribution < 1.29 is 19.0 Å². The molecule has 2 aromatic rings. The number of morpholine rings is 1. The molecule has 4 rings (SSSR count). The van der Waals surface area contributed by atoms with Gasteiger partial charge in [0.1, 0.15) is 0 Å². The molecule has 2 aliphatic rings. The van der Waals surface area contributed by atoms with Gasteiger partial charge in [0.05, 0.1) is 26.4 Å². The predicted octanol–water partition coefficient (Wildman–Crippen LogP) is 2.80. The maximum absolute atomic E-state index is 12.3. The molecule has 5 heteroatoms.